The van der Waals surface area contributed by atoms with Gasteiger partial charge >= 0.3 is 0 Å². The van der Waals surface area contributed by atoms with Crippen molar-refractivity contribution in [1.82, 2.24) is 20.9 Å². The van der Waals surface area contributed by atoms with E-state index in [9.17, 15) is 4.79 Å². The highest BCUT2D eigenvalue weighted by Crippen LogP contribution is 2.13. The van der Waals surface area contributed by atoms with Crippen molar-refractivity contribution in [3.63, 3.8) is 0 Å². The topological polar surface area (TPSA) is 78.4 Å². The van der Waals surface area contributed by atoms with E-state index in [0.29, 0.717) is 5.96 Å². The quantitative estimate of drug-likeness (QED) is 0.522. The zero-order valence-electron chi connectivity index (χ0n) is 14.8. The number of thiazole rings is 1. The van der Waals surface area contributed by atoms with Crippen LogP contribution in [0.1, 0.15) is 44.5 Å². The number of nitrogens with one attached hydrogen (secondary N) is 3. The molecule has 1 amide bonds. The lowest BCUT2D eigenvalue weighted by Crippen LogP contribution is -2.43. The van der Waals surface area contributed by atoms with Crippen LogP contribution < -0.4 is 16.0 Å². The number of hydrogen-bond acceptors (Lipinski definition) is 4. The van der Waals surface area contributed by atoms with E-state index in [1.165, 1.54) is 4.88 Å². The van der Waals surface area contributed by atoms with Crippen molar-refractivity contribution in [2.24, 2.45) is 4.99 Å². The summed E-state index contributed by atoms with van der Waals surface area (Å²) in [5.74, 6) is 0.575. The first-order chi connectivity index (χ1) is 10.8. The van der Waals surface area contributed by atoms with E-state index >= 15 is 0 Å². The molecule has 0 aliphatic rings. The van der Waals surface area contributed by atoms with Crippen LogP contribution in [-0.4, -0.2) is 42.0 Å². The standard InChI is InChI=1S/C16H29N5OS/c1-6-12-10-19-14(23-12)8-9-18-15(17-7-2)20-11-13(22)21-16(3,4)5/h10H,6-9,11H2,1-5H3,(H,21,22)(H2,17,18,20). The number of guanidine groups is 1. The molecule has 6 nitrogen and oxygen atoms in total. The lowest BCUT2D eigenvalue weighted by Gasteiger charge is -2.20. The van der Waals surface area contributed by atoms with Gasteiger partial charge in [0.25, 0.3) is 0 Å². The maximum absolute atomic E-state index is 11.8. The Morgan fingerprint density at radius 2 is 2.04 bits per heavy atom. The first-order valence-electron chi connectivity index (χ1n) is 8.10. The number of carbonyl (C=O) groups is 1. The van der Waals surface area contributed by atoms with E-state index in [0.717, 1.165) is 30.9 Å². The zero-order valence-corrected chi connectivity index (χ0v) is 15.6. The van der Waals surface area contributed by atoms with Crippen LogP contribution in [0.2, 0.25) is 0 Å². The lowest BCUT2D eigenvalue weighted by atomic mass is 10.1. The van der Waals surface area contributed by atoms with Crippen molar-refractivity contribution in [2.45, 2.75) is 53.0 Å². The predicted molar refractivity (Wildman–Crippen MR) is 97.1 cm³/mol. The number of aromatic nitrogens is 1. The Morgan fingerprint density at radius 3 is 2.61 bits per heavy atom. The van der Waals surface area contributed by atoms with Crippen LogP contribution >= 0.6 is 11.3 Å². The number of rotatable bonds is 7. The highest BCUT2D eigenvalue weighted by Gasteiger charge is 2.13. The molecule has 130 valence electrons. The summed E-state index contributed by atoms with van der Waals surface area (Å²) >= 11 is 1.75. The third-order valence-electron chi connectivity index (χ3n) is 2.82. The molecule has 0 fully saturated rings. The van der Waals surface area contributed by atoms with Gasteiger partial charge in [0, 0.05) is 36.1 Å². The second-order valence-corrected chi connectivity index (χ2v) is 7.44. The molecule has 1 rings (SSSR count). The molecule has 3 N–H and O–H groups in total. The van der Waals surface area contributed by atoms with Gasteiger partial charge in [-0.2, -0.15) is 0 Å². The summed E-state index contributed by atoms with van der Waals surface area (Å²) in [7, 11) is 0. The second kappa shape index (κ2) is 9.50. The number of amides is 1. The number of aliphatic imine (C=N–C) groups is 1. The van der Waals surface area contributed by atoms with Gasteiger partial charge in [-0.25, -0.2) is 9.98 Å². The summed E-state index contributed by atoms with van der Waals surface area (Å²) < 4.78 is 0. The van der Waals surface area contributed by atoms with E-state index in [2.05, 4.69) is 32.9 Å². The van der Waals surface area contributed by atoms with Crippen molar-refractivity contribution >= 4 is 23.2 Å². The predicted octanol–water partition coefficient (Wildman–Crippen LogP) is 1.72. The average molecular weight is 340 g/mol. The molecule has 0 saturated heterocycles. The van der Waals surface area contributed by atoms with E-state index in [-0.39, 0.29) is 18.0 Å². The Bertz CT molecular complexity index is 519. The van der Waals surface area contributed by atoms with Gasteiger partial charge in [-0.05, 0) is 34.1 Å². The van der Waals surface area contributed by atoms with E-state index < -0.39 is 0 Å². The van der Waals surface area contributed by atoms with Crippen LogP contribution in [0, 0.1) is 0 Å². The molecule has 1 aromatic rings. The highest BCUT2D eigenvalue weighted by atomic mass is 32.1. The van der Waals surface area contributed by atoms with E-state index in [1.807, 2.05) is 33.9 Å². The van der Waals surface area contributed by atoms with E-state index in [4.69, 9.17) is 0 Å². The fourth-order valence-corrected chi connectivity index (χ4v) is 2.73. The molecule has 0 spiro atoms. The molecule has 0 bridgehead atoms. The SMILES string of the molecule is CCNC(=NCC(=O)NC(C)(C)C)NCCc1ncc(CC)s1. The van der Waals surface area contributed by atoms with Gasteiger partial charge in [-0.3, -0.25) is 4.79 Å². The Hall–Kier alpha value is -1.63. The minimum atomic E-state index is -0.236. The highest BCUT2D eigenvalue weighted by molar-refractivity contribution is 7.11. The van der Waals surface area contributed by atoms with Gasteiger partial charge in [-0.1, -0.05) is 6.92 Å². The molecule has 0 unspecified atom stereocenters. The third kappa shape index (κ3) is 8.54. The van der Waals surface area contributed by atoms with E-state index in [1.54, 1.807) is 11.3 Å². The third-order valence-corrected chi connectivity index (χ3v) is 4.02. The Balaban J connectivity index is 2.44. The summed E-state index contributed by atoms with van der Waals surface area (Å²) in [6, 6.07) is 0. The summed E-state index contributed by atoms with van der Waals surface area (Å²) in [5, 5.41) is 10.4. The van der Waals surface area contributed by atoms with Gasteiger partial charge in [0.15, 0.2) is 5.96 Å². The molecule has 0 aliphatic heterocycles. The molecule has 7 heteroatoms. The largest absolute Gasteiger partial charge is 0.357 e. The fraction of sp³-hybridized carbons (Fsp3) is 0.688. The van der Waals surface area contributed by atoms with Crippen LogP contribution in [-0.2, 0) is 17.6 Å². The van der Waals surface area contributed by atoms with Crippen molar-refractivity contribution in [3.05, 3.63) is 16.1 Å². The lowest BCUT2D eigenvalue weighted by molar-refractivity contribution is -0.121. The van der Waals surface area contributed by atoms with Gasteiger partial charge in [0.05, 0.1) is 5.01 Å². The molecule has 0 atom stereocenters. The minimum absolute atomic E-state index is 0.0813. The Morgan fingerprint density at radius 1 is 1.30 bits per heavy atom. The second-order valence-electron chi connectivity index (χ2n) is 6.24. The zero-order chi connectivity index (χ0) is 17.3. The molecule has 0 radical (unpaired) electrons. The van der Waals surface area contributed by atoms with Gasteiger partial charge in [-0.15, -0.1) is 11.3 Å². The number of hydrogen-bond donors (Lipinski definition) is 3. The number of aryl methyl sites for hydroxylation is 1. The van der Waals surface area contributed by atoms with Crippen molar-refractivity contribution in [2.75, 3.05) is 19.6 Å². The fourth-order valence-electron chi connectivity index (χ4n) is 1.87. The average Bonchev–Trinajstić information content (AvgIpc) is 2.91. The van der Waals surface area contributed by atoms with Crippen molar-refractivity contribution < 1.29 is 4.79 Å². The van der Waals surface area contributed by atoms with Crippen LogP contribution in [0.25, 0.3) is 0 Å². The minimum Gasteiger partial charge on any atom is -0.357 e. The van der Waals surface area contributed by atoms with Crippen LogP contribution in [0.15, 0.2) is 11.2 Å². The van der Waals surface area contributed by atoms with Gasteiger partial charge in [0.1, 0.15) is 6.54 Å². The number of nitrogens with zero attached hydrogens (tertiary/aromatic N) is 2. The summed E-state index contributed by atoms with van der Waals surface area (Å²) in [4.78, 5) is 21.8. The van der Waals surface area contributed by atoms with Crippen LogP contribution in [0.3, 0.4) is 0 Å². The maximum Gasteiger partial charge on any atom is 0.242 e. The number of carbonyl (C=O) groups excluding carboxylic acids is 1. The molecule has 1 aromatic heterocycles. The molecular weight excluding hydrogens is 310 g/mol. The smallest absolute Gasteiger partial charge is 0.242 e. The summed E-state index contributed by atoms with van der Waals surface area (Å²) in [6.45, 7) is 11.6. The summed E-state index contributed by atoms with van der Waals surface area (Å²) in [6.07, 6.45) is 3.82. The normalized spacial score (nSPS) is 12.1. The van der Waals surface area contributed by atoms with Crippen molar-refractivity contribution in [3.8, 4) is 0 Å². The van der Waals surface area contributed by atoms with Crippen molar-refractivity contribution in [1.29, 1.82) is 0 Å². The van der Waals surface area contributed by atoms with Crippen LogP contribution in [0.4, 0.5) is 0 Å². The molecule has 1 heterocycles. The molecule has 0 saturated carbocycles. The maximum atomic E-state index is 11.8. The summed E-state index contributed by atoms with van der Waals surface area (Å²) in [5.41, 5.74) is -0.236. The first kappa shape index (κ1) is 19.4. The monoisotopic (exact) mass is 339 g/mol. The first-order valence-corrected chi connectivity index (χ1v) is 8.92. The van der Waals surface area contributed by atoms with Crippen LogP contribution in [0.5, 0.6) is 0 Å². The van der Waals surface area contributed by atoms with Gasteiger partial charge in [0.2, 0.25) is 5.91 Å². The molecule has 0 aliphatic carbocycles. The molecule has 23 heavy (non-hydrogen) atoms. The van der Waals surface area contributed by atoms with Gasteiger partial charge < -0.3 is 16.0 Å². The molecule has 0 aromatic carbocycles. The molecular formula is C16H29N5OS. The Kier molecular flexibility index (Phi) is 8.02. The Labute approximate surface area is 143 Å².